The largest absolute Gasteiger partial charge is 0.383 e. The fourth-order valence-corrected chi connectivity index (χ4v) is 4.38. The number of aryl methyl sites for hydroxylation is 1. The predicted octanol–water partition coefficient (Wildman–Crippen LogP) is 2.88. The van der Waals surface area contributed by atoms with Crippen LogP contribution in [0.1, 0.15) is 60.9 Å². The van der Waals surface area contributed by atoms with Crippen molar-refractivity contribution in [1.82, 2.24) is 20.4 Å². The Kier molecular flexibility index (Phi) is 5.35. The monoisotopic (exact) mass is 384 g/mol. The van der Waals surface area contributed by atoms with E-state index in [-0.39, 0.29) is 6.03 Å². The Balaban J connectivity index is 1.27. The average Bonchev–Trinajstić information content (AvgIpc) is 3.43. The highest BCUT2D eigenvalue weighted by atomic mass is 16.5. The molecule has 1 aromatic heterocycles. The summed E-state index contributed by atoms with van der Waals surface area (Å²) in [7, 11) is 0. The molecule has 2 aromatic rings. The van der Waals surface area contributed by atoms with Crippen LogP contribution in [-0.4, -0.2) is 45.8 Å². The van der Waals surface area contributed by atoms with Crippen molar-refractivity contribution in [2.24, 2.45) is 0 Å². The molecule has 7 nitrogen and oxygen atoms in total. The molecule has 2 heterocycles. The summed E-state index contributed by atoms with van der Waals surface area (Å²) >= 11 is 0. The molecular weight excluding hydrogens is 356 g/mol. The standard InChI is InChI=1S/C21H28N4O3/c1-15-6-2-5-9-17(15)21(27)11-13-25(14-21)20(26)22-12-10-18-23-19(28-24-18)16-7-3-4-8-16/h2,5-6,9,16,27H,3-4,7-8,10-14H2,1H3,(H,22,26)/t21-/m0/s1. The SMILES string of the molecule is Cc1ccccc1[C@]1(O)CCN(C(=O)NCCc2noc(C3CCCC3)n2)C1. The van der Waals surface area contributed by atoms with E-state index >= 15 is 0 Å². The van der Waals surface area contributed by atoms with Crippen LogP contribution in [-0.2, 0) is 12.0 Å². The first-order chi connectivity index (χ1) is 13.5. The van der Waals surface area contributed by atoms with Crippen LogP contribution in [0, 0.1) is 6.92 Å². The number of carbonyl (C=O) groups is 1. The minimum atomic E-state index is -0.980. The molecular formula is C21H28N4O3. The van der Waals surface area contributed by atoms with Gasteiger partial charge >= 0.3 is 6.03 Å². The van der Waals surface area contributed by atoms with Crippen LogP contribution in [0.3, 0.4) is 0 Å². The lowest BCUT2D eigenvalue weighted by Crippen LogP contribution is -2.41. The molecule has 0 bridgehead atoms. The second kappa shape index (κ2) is 7.91. The van der Waals surface area contributed by atoms with E-state index in [1.54, 1.807) is 4.90 Å². The third kappa shape index (κ3) is 3.90. The van der Waals surface area contributed by atoms with E-state index in [1.807, 2.05) is 31.2 Å². The Labute approximate surface area is 165 Å². The number of amides is 2. The van der Waals surface area contributed by atoms with Gasteiger partial charge in [0.1, 0.15) is 5.60 Å². The Morgan fingerprint density at radius 1 is 1.36 bits per heavy atom. The molecule has 2 aliphatic rings. The van der Waals surface area contributed by atoms with Crippen LogP contribution in [0.2, 0.25) is 0 Å². The molecule has 1 aliphatic carbocycles. The van der Waals surface area contributed by atoms with E-state index in [0.717, 1.165) is 29.9 Å². The van der Waals surface area contributed by atoms with E-state index in [1.165, 1.54) is 12.8 Å². The summed E-state index contributed by atoms with van der Waals surface area (Å²) in [5.74, 6) is 1.78. The van der Waals surface area contributed by atoms with E-state index in [2.05, 4.69) is 15.5 Å². The average molecular weight is 384 g/mol. The summed E-state index contributed by atoms with van der Waals surface area (Å²) in [6.45, 7) is 3.27. The number of nitrogens with one attached hydrogen (secondary N) is 1. The summed E-state index contributed by atoms with van der Waals surface area (Å²) in [6, 6.07) is 7.64. The molecule has 0 spiro atoms. The van der Waals surface area contributed by atoms with E-state index in [4.69, 9.17) is 4.52 Å². The molecule has 1 atom stereocenters. The zero-order valence-corrected chi connectivity index (χ0v) is 16.4. The number of urea groups is 1. The lowest BCUT2D eigenvalue weighted by atomic mass is 9.89. The van der Waals surface area contributed by atoms with Gasteiger partial charge in [0.2, 0.25) is 5.89 Å². The molecule has 28 heavy (non-hydrogen) atoms. The highest BCUT2D eigenvalue weighted by Gasteiger charge is 2.40. The van der Waals surface area contributed by atoms with Gasteiger partial charge in [-0.3, -0.25) is 0 Å². The summed E-state index contributed by atoms with van der Waals surface area (Å²) in [6.07, 6.45) is 5.78. The molecule has 1 aromatic carbocycles. The molecule has 4 rings (SSSR count). The quantitative estimate of drug-likeness (QED) is 0.827. The van der Waals surface area contributed by atoms with Gasteiger partial charge < -0.3 is 19.8 Å². The number of benzene rings is 1. The number of hydrogen-bond acceptors (Lipinski definition) is 5. The van der Waals surface area contributed by atoms with E-state index in [9.17, 15) is 9.90 Å². The molecule has 0 unspecified atom stereocenters. The minimum absolute atomic E-state index is 0.163. The molecule has 1 saturated heterocycles. The van der Waals surface area contributed by atoms with Crippen molar-refractivity contribution in [3.63, 3.8) is 0 Å². The lowest BCUT2D eigenvalue weighted by Gasteiger charge is -2.25. The number of likely N-dealkylation sites (tertiary alicyclic amines) is 1. The van der Waals surface area contributed by atoms with Crippen LogP contribution in [0.15, 0.2) is 28.8 Å². The van der Waals surface area contributed by atoms with Crippen LogP contribution in [0.4, 0.5) is 4.79 Å². The van der Waals surface area contributed by atoms with Gasteiger partial charge in [-0.2, -0.15) is 4.98 Å². The fraction of sp³-hybridized carbons (Fsp3) is 0.571. The normalized spacial score (nSPS) is 22.7. The van der Waals surface area contributed by atoms with Crippen molar-refractivity contribution < 1.29 is 14.4 Å². The Bertz CT molecular complexity index is 831. The third-order valence-electron chi connectivity index (χ3n) is 5.99. The lowest BCUT2D eigenvalue weighted by molar-refractivity contribution is 0.0488. The number of aromatic nitrogens is 2. The molecule has 1 saturated carbocycles. The Hall–Kier alpha value is -2.41. The summed E-state index contributed by atoms with van der Waals surface area (Å²) in [5, 5.41) is 18.0. The maximum atomic E-state index is 12.5. The van der Waals surface area contributed by atoms with Gasteiger partial charge in [0.05, 0.1) is 6.54 Å². The number of carbonyl (C=O) groups excluding carboxylic acids is 1. The number of nitrogens with zero attached hydrogens (tertiary/aromatic N) is 3. The second-order valence-corrected chi connectivity index (χ2v) is 8.03. The molecule has 2 amide bonds. The van der Waals surface area contributed by atoms with Gasteiger partial charge in [0, 0.05) is 25.4 Å². The zero-order valence-electron chi connectivity index (χ0n) is 16.4. The van der Waals surface area contributed by atoms with Crippen molar-refractivity contribution in [2.75, 3.05) is 19.6 Å². The van der Waals surface area contributed by atoms with Crippen LogP contribution in [0.5, 0.6) is 0 Å². The molecule has 1 aliphatic heterocycles. The highest BCUT2D eigenvalue weighted by Crippen LogP contribution is 2.34. The van der Waals surface area contributed by atoms with Gasteiger partial charge in [0.25, 0.3) is 0 Å². The first-order valence-electron chi connectivity index (χ1n) is 10.2. The second-order valence-electron chi connectivity index (χ2n) is 8.03. The van der Waals surface area contributed by atoms with Gasteiger partial charge in [-0.15, -0.1) is 0 Å². The van der Waals surface area contributed by atoms with Gasteiger partial charge in [-0.25, -0.2) is 4.79 Å². The molecule has 2 fully saturated rings. The maximum Gasteiger partial charge on any atom is 0.317 e. The maximum absolute atomic E-state index is 12.5. The van der Waals surface area contributed by atoms with Crippen molar-refractivity contribution in [1.29, 1.82) is 0 Å². The molecule has 2 N–H and O–H groups in total. The Morgan fingerprint density at radius 3 is 2.93 bits per heavy atom. The van der Waals surface area contributed by atoms with Crippen LogP contribution in [0.25, 0.3) is 0 Å². The first kappa shape index (κ1) is 18.9. The highest BCUT2D eigenvalue weighted by molar-refractivity contribution is 5.74. The third-order valence-corrected chi connectivity index (χ3v) is 5.99. The predicted molar refractivity (Wildman–Crippen MR) is 104 cm³/mol. The number of hydrogen-bond donors (Lipinski definition) is 2. The Morgan fingerprint density at radius 2 is 2.14 bits per heavy atom. The molecule has 0 radical (unpaired) electrons. The van der Waals surface area contributed by atoms with Crippen molar-refractivity contribution in [2.45, 2.75) is 57.0 Å². The first-order valence-corrected chi connectivity index (χ1v) is 10.2. The minimum Gasteiger partial charge on any atom is -0.383 e. The van der Waals surface area contributed by atoms with Crippen molar-refractivity contribution >= 4 is 6.03 Å². The van der Waals surface area contributed by atoms with Gasteiger partial charge in [-0.1, -0.05) is 42.3 Å². The smallest absolute Gasteiger partial charge is 0.317 e. The number of β-amino-alcohol motifs (C(OH)–C–C–N with tert-alkyl or cyclic N) is 1. The molecule has 150 valence electrons. The van der Waals surface area contributed by atoms with Crippen molar-refractivity contribution in [3.8, 4) is 0 Å². The summed E-state index contributed by atoms with van der Waals surface area (Å²) in [4.78, 5) is 18.6. The summed E-state index contributed by atoms with van der Waals surface area (Å²) < 4.78 is 5.38. The van der Waals surface area contributed by atoms with Crippen molar-refractivity contribution in [3.05, 3.63) is 47.1 Å². The van der Waals surface area contributed by atoms with Gasteiger partial charge in [-0.05, 0) is 37.3 Å². The number of rotatable bonds is 5. The van der Waals surface area contributed by atoms with Crippen LogP contribution < -0.4 is 5.32 Å². The van der Waals surface area contributed by atoms with E-state index < -0.39 is 5.60 Å². The molecule has 7 heteroatoms. The zero-order chi connectivity index (χ0) is 19.6. The van der Waals surface area contributed by atoms with E-state index in [0.29, 0.717) is 44.2 Å². The van der Waals surface area contributed by atoms with Gasteiger partial charge in [0.15, 0.2) is 5.82 Å². The topological polar surface area (TPSA) is 91.5 Å². The summed E-state index contributed by atoms with van der Waals surface area (Å²) in [5.41, 5.74) is 0.964. The number of aliphatic hydroxyl groups is 1. The fourth-order valence-electron chi connectivity index (χ4n) is 4.38. The van der Waals surface area contributed by atoms with Crippen LogP contribution >= 0.6 is 0 Å².